The van der Waals surface area contributed by atoms with Crippen molar-refractivity contribution in [3.63, 3.8) is 0 Å². The number of hydrogen-bond acceptors (Lipinski definition) is 5. The summed E-state index contributed by atoms with van der Waals surface area (Å²) in [5.41, 5.74) is 1.12. The minimum Gasteiger partial charge on any atom is -0.480 e. The number of carboxylic acid groups (broad SMARTS) is 1. The van der Waals surface area contributed by atoms with Gasteiger partial charge in [0.05, 0.1) is 12.0 Å². The number of carboxylic acids is 1. The van der Waals surface area contributed by atoms with Crippen LogP contribution in [0.4, 0.5) is 4.79 Å². The molecule has 2 aromatic rings. The largest absolute Gasteiger partial charge is 0.480 e. The van der Waals surface area contributed by atoms with Crippen LogP contribution in [0.5, 0.6) is 0 Å². The summed E-state index contributed by atoms with van der Waals surface area (Å²) in [5.74, 6) is -1.66. The van der Waals surface area contributed by atoms with Crippen LogP contribution in [0.3, 0.4) is 0 Å². The van der Waals surface area contributed by atoms with E-state index in [1.54, 1.807) is 25.7 Å². The molecule has 208 valence electrons. The summed E-state index contributed by atoms with van der Waals surface area (Å²) in [7, 11) is 0. The number of nitrogens with one attached hydrogen (secondary N) is 1. The lowest BCUT2D eigenvalue weighted by Gasteiger charge is -2.44. The second kappa shape index (κ2) is 11.1. The Morgan fingerprint density at radius 1 is 0.974 bits per heavy atom. The molecule has 9 heteroatoms. The normalized spacial score (nSPS) is 19.4. The topological polar surface area (TPSA) is 116 Å². The molecule has 3 amide bonds. The van der Waals surface area contributed by atoms with E-state index in [2.05, 4.69) is 5.32 Å². The van der Waals surface area contributed by atoms with Gasteiger partial charge in [0.25, 0.3) is 0 Å². The number of carbonyl (C=O) groups is 4. The zero-order chi connectivity index (χ0) is 28.4. The van der Waals surface area contributed by atoms with Gasteiger partial charge in [-0.2, -0.15) is 0 Å². The molecular weight excluding hydrogens is 498 g/mol. The quantitative estimate of drug-likeness (QED) is 0.606. The zero-order valence-electron chi connectivity index (χ0n) is 23.0. The monoisotopic (exact) mass is 535 g/mol. The van der Waals surface area contributed by atoms with Crippen molar-refractivity contribution in [1.82, 2.24) is 15.1 Å². The molecule has 0 unspecified atom stereocenters. The first-order chi connectivity index (χ1) is 18.4. The van der Waals surface area contributed by atoms with Crippen molar-refractivity contribution in [2.24, 2.45) is 0 Å². The summed E-state index contributed by atoms with van der Waals surface area (Å²) >= 11 is 0. The summed E-state index contributed by atoms with van der Waals surface area (Å²) in [6.07, 6.45) is 0.506. The molecule has 1 fully saturated rings. The standard InChI is InChI=1S/C30H37N3O6/c1-20(26(35)36)31-27(37)30(23-12-6-5-7-13-23)14-16-32(17-15-30)25(34)24-18-21-10-8-9-11-22(21)19-33(24)28(38)39-29(2,3)4/h5-13,20,24H,14-19H2,1-4H3,(H,31,37)(H,35,36)/t20-,24-/m1/s1. The van der Waals surface area contributed by atoms with Crippen molar-refractivity contribution in [2.45, 2.75) is 76.6 Å². The molecule has 0 aliphatic carbocycles. The maximum atomic E-state index is 13.9. The fourth-order valence-electron chi connectivity index (χ4n) is 5.38. The number of fused-ring (bicyclic) bond motifs is 1. The van der Waals surface area contributed by atoms with E-state index in [1.165, 1.54) is 11.8 Å². The van der Waals surface area contributed by atoms with Gasteiger partial charge in [-0.1, -0.05) is 54.6 Å². The van der Waals surface area contributed by atoms with E-state index >= 15 is 0 Å². The van der Waals surface area contributed by atoms with Crippen LogP contribution in [0.15, 0.2) is 54.6 Å². The van der Waals surface area contributed by atoms with Gasteiger partial charge in [-0.25, -0.2) is 4.79 Å². The number of amides is 3. The van der Waals surface area contributed by atoms with Crippen molar-refractivity contribution < 1.29 is 29.0 Å². The molecule has 2 aliphatic heterocycles. The molecule has 1 saturated heterocycles. The fraction of sp³-hybridized carbons (Fsp3) is 0.467. The molecule has 0 aromatic heterocycles. The Morgan fingerprint density at radius 3 is 2.15 bits per heavy atom. The van der Waals surface area contributed by atoms with Gasteiger partial charge in [0.1, 0.15) is 17.7 Å². The molecule has 2 heterocycles. The number of likely N-dealkylation sites (tertiary alicyclic amines) is 1. The second-order valence-corrected chi connectivity index (χ2v) is 11.4. The Kier molecular flexibility index (Phi) is 7.99. The highest BCUT2D eigenvalue weighted by atomic mass is 16.6. The number of aliphatic carboxylic acids is 1. The Morgan fingerprint density at radius 2 is 1.56 bits per heavy atom. The van der Waals surface area contributed by atoms with E-state index in [0.29, 0.717) is 32.4 Å². The van der Waals surface area contributed by atoms with Gasteiger partial charge in [0.2, 0.25) is 11.8 Å². The summed E-state index contributed by atoms with van der Waals surface area (Å²) in [6.45, 7) is 7.69. The third-order valence-corrected chi connectivity index (χ3v) is 7.57. The number of carbonyl (C=O) groups excluding carboxylic acids is 3. The van der Waals surface area contributed by atoms with Crippen LogP contribution in [0.1, 0.15) is 57.2 Å². The van der Waals surface area contributed by atoms with Crippen molar-refractivity contribution in [3.05, 3.63) is 71.3 Å². The van der Waals surface area contributed by atoms with E-state index in [0.717, 1.165) is 16.7 Å². The highest BCUT2D eigenvalue weighted by molar-refractivity contribution is 5.92. The van der Waals surface area contributed by atoms with Crippen molar-refractivity contribution >= 4 is 23.9 Å². The van der Waals surface area contributed by atoms with Gasteiger partial charge in [-0.3, -0.25) is 19.3 Å². The highest BCUT2D eigenvalue weighted by Crippen LogP contribution is 2.37. The minimum absolute atomic E-state index is 0.184. The first kappa shape index (κ1) is 28.1. The number of benzene rings is 2. The number of hydrogen-bond donors (Lipinski definition) is 2. The smallest absolute Gasteiger partial charge is 0.411 e. The highest BCUT2D eigenvalue weighted by Gasteiger charge is 2.46. The molecule has 0 radical (unpaired) electrons. The second-order valence-electron chi connectivity index (χ2n) is 11.4. The van der Waals surface area contributed by atoms with Crippen LogP contribution in [0, 0.1) is 0 Å². The molecule has 0 bridgehead atoms. The predicted molar refractivity (Wildman–Crippen MR) is 145 cm³/mol. The molecule has 4 rings (SSSR count). The van der Waals surface area contributed by atoms with E-state index in [4.69, 9.17) is 4.74 Å². The first-order valence-corrected chi connectivity index (χ1v) is 13.4. The third-order valence-electron chi connectivity index (χ3n) is 7.57. The van der Waals surface area contributed by atoms with Crippen LogP contribution in [0.25, 0.3) is 0 Å². The molecule has 2 N–H and O–H groups in total. The van der Waals surface area contributed by atoms with E-state index < -0.39 is 35.2 Å². The Hall–Kier alpha value is -3.88. The number of rotatable bonds is 5. The average Bonchev–Trinajstić information content (AvgIpc) is 2.91. The zero-order valence-corrected chi connectivity index (χ0v) is 23.0. The molecule has 2 aliphatic rings. The van der Waals surface area contributed by atoms with Gasteiger partial charge in [-0.15, -0.1) is 0 Å². The number of ether oxygens (including phenoxy) is 1. The molecule has 2 aromatic carbocycles. The van der Waals surface area contributed by atoms with Crippen LogP contribution in [-0.2, 0) is 37.5 Å². The van der Waals surface area contributed by atoms with Gasteiger partial charge in [0, 0.05) is 19.5 Å². The molecule has 39 heavy (non-hydrogen) atoms. The van der Waals surface area contributed by atoms with Crippen molar-refractivity contribution in [3.8, 4) is 0 Å². The molecule has 0 spiro atoms. The van der Waals surface area contributed by atoms with Crippen LogP contribution >= 0.6 is 0 Å². The maximum Gasteiger partial charge on any atom is 0.411 e. The molecule has 2 atom stereocenters. The maximum absolute atomic E-state index is 13.9. The Balaban J connectivity index is 1.57. The predicted octanol–water partition coefficient (Wildman–Crippen LogP) is 3.50. The van der Waals surface area contributed by atoms with Gasteiger partial charge < -0.3 is 20.1 Å². The lowest BCUT2D eigenvalue weighted by molar-refractivity contribution is -0.144. The van der Waals surface area contributed by atoms with Crippen LogP contribution in [0.2, 0.25) is 0 Å². The van der Waals surface area contributed by atoms with Gasteiger partial charge >= 0.3 is 12.1 Å². The van der Waals surface area contributed by atoms with Crippen LogP contribution < -0.4 is 5.32 Å². The Bertz CT molecular complexity index is 1230. The third kappa shape index (κ3) is 6.08. The molecular formula is C30H37N3O6. The lowest BCUT2D eigenvalue weighted by atomic mass is 9.71. The lowest BCUT2D eigenvalue weighted by Crippen LogP contribution is -2.59. The minimum atomic E-state index is -1.11. The summed E-state index contributed by atoms with van der Waals surface area (Å²) in [5, 5.41) is 12.0. The molecule has 9 nitrogen and oxygen atoms in total. The molecule has 0 saturated carbocycles. The van der Waals surface area contributed by atoms with E-state index in [-0.39, 0.29) is 18.4 Å². The van der Waals surface area contributed by atoms with Gasteiger partial charge in [-0.05, 0) is 57.2 Å². The summed E-state index contributed by atoms with van der Waals surface area (Å²) < 4.78 is 5.65. The van der Waals surface area contributed by atoms with E-state index in [9.17, 15) is 24.3 Å². The van der Waals surface area contributed by atoms with E-state index in [1.807, 2.05) is 54.6 Å². The first-order valence-electron chi connectivity index (χ1n) is 13.4. The number of nitrogens with zero attached hydrogens (tertiary/aromatic N) is 2. The fourth-order valence-corrected chi connectivity index (χ4v) is 5.38. The van der Waals surface area contributed by atoms with Crippen LogP contribution in [-0.4, -0.2) is 69.6 Å². The number of piperidine rings is 1. The average molecular weight is 536 g/mol. The Labute approximate surface area is 229 Å². The van der Waals surface area contributed by atoms with Crippen molar-refractivity contribution in [2.75, 3.05) is 13.1 Å². The SMILES string of the molecule is C[C@@H](NC(=O)C1(c2ccccc2)CCN(C(=O)[C@H]2Cc3ccccc3CN2C(=O)OC(C)(C)C)CC1)C(=O)O. The summed E-state index contributed by atoms with van der Waals surface area (Å²) in [4.78, 5) is 55.2. The summed E-state index contributed by atoms with van der Waals surface area (Å²) in [6, 6.07) is 15.3. The van der Waals surface area contributed by atoms with Gasteiger partial charge in [0.15, 0.2) is 0 Å². The van der Waals surface area contributed by atoms with Crippen molar-refractivity contribution in [1.29, 1.82) is 0 Å².